The minimum Gasteiger partial charge on any atom is -0.481 e. The van der Waals surface area contributed by atoms with E-state index in [2.05, 4.69) is 5.32 Å². The number of aryl methyl sites for hydroxylation is 1. The van der Waals surface area contributed by atoms with E-state index in [1.54, 1.807) is 0 Å². The Labute approximate surface area is 202 Å². The molecule has 0 saturated carbocycles. The van der Waals surface area contributed by atoms with E-state index in [-0.39, 0.29) is 39.7 Å². The van der Waals surface area contributed by atoms with E-state index in [0.29, 0.717) is 0 Å². The third-order valence-corrected chi connectivity index (χ3v) is 5.16. The van der Waals surface area contributed by atoms with E-state index in [0.717, 1.165) is 12.1 Å². The molecule has 1 N–H and O–H groups in total. The van der Waals surface area contributed by atoms with Crippen molar-refractivity contribution in [2.75, 3.05) is 5.32 Å². The molecule has 0 aliphatic rings. The van der Waals surface area contributed by atoms with Crippen LogP contribution in [0, 0.1) is 12.7 Å². The van der Waals surface area contributed by atoms with Crippen LogP contribution in [0.25, 0.3) is 11.0 Å². The van der Waals surface area contributed by atoms with Crippen LogP contribution in [0.2, 0.25) is 0 Å². The highest BCUT2D eigenvalue weighted by atomic mass is 19.4. The molecule has 6 nitrogen and oxygen atoms in total. The number of fused-ring (bicyclic) bond motifs is 1. The average molecular weight is 501 g/mol. The molecule has 4 aromatic rings. The molecular weight excluding hydrogens is 482 g/mol. The molecule has 4 rings (SSSR count). The van der Waals surface area contributed by atoms with Crippen molar-refractivity contribution >= 4 is 22.6 Å². The first-order valence-corrected chi connectivity index (χ1v) is 10.7. The second-order valence-corrected chi connectivity index (χ2v) is 7.86. The molecule has 0 saturated heterocycles. The highest BCUT2D eigenvalue weighted by Crippen LogP contribution is 2.31. The molecule has 0 spiro atoms. The number of amides is 1. The Morgan fingerprint density at radius 3 is 2.39 bits per heavy atom. The van der Waals surface area contributed by atoms with E-state index in [1.807, 2.05) is 0 Å². The lowest BCUT2D eigenvalue weighted by Gasteiger charge is -2.16. The fourth-order valence-electron chi connectivity index (χ4n) is 3.35. The van der Waals surface area contributed by atoms with Crippen LogP contribution in [0.3, 0.4) is 0 Å². The summed E-state index contributed by atoms with van der Waals surface area (Å²) < 4.78 is 68.7. The SMILES string of the molecule is Cc1oc2cc(O[C@@H](C)C(=O)Nc3cccc(C(F)(F)F)c3)ccc2c(=O)c1Oc1ccc(F)cc1. The normalized spacial score (nSPS) is 12.3. The number of alkyl halides is 3. The van der Waals surface area contributed by atoms with Gasteiger partial charge in [-0.3, -0.25) is 9.59 Å². The zero-order valence-corrected chi connectivity index (χ0v) is 19.0. The molecule has 1 atom stereocenters. The molecule has 0 unspecified atom stereocenters. The lowest BCUT2D eigenvalue weighted by atomic mass is 10.2. The Morgan fingerprint density at radius 1 is 1.00 bits per heavy atom. The zero-order chi connectivity index (χ0) is 26.0. The number of halogens is 4. The quantitative estimate of drug-likeness (QED) is 0.307. The van der Waals surface area contributed by atoms with Crippen LogP contribution in [-0.2, 0) is 11.0 Å². The summed E-state index contributed by atoms with van der Waals surface area (Å²) in [4.78, 5) is 25.4. The molecule has 10 heteroatoms. The van der Waals surface area contributed by atoms with Crippen molar-refractivity contribution in [1.82, 2.24) is 0 Å². The first-order valence-electron chi connectivity index (χ1n) is 10.7. The summed E-state index contributed by atoms with van der Waals surface area (Å²) in [6, 6.07) is 13.7. The van der Waals surface area contributed by atoms with Gasteiger partial charge in [-0.1, -0.05) is 6.07 Å². The minimum absolute atomic E-state index is 0.0286. The second-order valence-electron chi connectivity index (χ2n) is 7.86. The lowest BCUT2D eigenvalue weighted by Crippen LogP contribution is -2.30. The van der Waals surface area contributed by atoms with Crippen molar-refractivity contribution in [3.8, 4) is 17.2 Å². The molecule has 0 radical (unpaired) electrons. The Kier molecular flexibility index (Phi) is 6.69. The van der Waals surface area contributed by atoms with Gasteiger partial charge < -0.3 is 19.2 Å². The van der Waals surface area contributed by atoms with Gasteiger partial charge in [-0.25, -0.2) is 4.39 Å². The fraction of sp³-hybridized carbons (Fsp3) is 0.154. The van der Waals surface area contributed by atoms with Crippen LogP contribution in [0.4, 0.5) is 23.2 Å². The molecule has 3 aromatic carbocycles. The number of carbonyl (C=O) groups excluding carboxylic acids is 1. The first kappa shape index (κ1) is 24.8. The number of nitrogens with one attached hydrogen (secondary N) is 1. The summed E-state index contributed by atoms with van der Waals surface area (Å²) >= 11 is 0. The number of benzene rings is 3. The average Bonchev–Trinajstić information content (AvgIpc) is 2.82. The third-order valence-electron chi connectivity index (χ3n) is 5.16. The summed E-state index contributed by atoms with van der Waals surface area (Å²) in [7, 11) is 0. The van der Waals surface area contributed by atoms with E-state index in [9.17, 15) is 27.2 Å². The van der Waals surface area contributed by atoms with E-state index in [4.69, 9.17) is 13.9 Å². The summed E-state index contributed by atoms with van der Waals surface area (Å²) in [5, 5.41) is 2.57. The van der Waals surface area contributed by atoms with Gasteiger partial charge in [0.05, 0.1) is 10.9 Å². The van der Waals surface area contributed by atoms with Gasteiger partial charge in [-0.15, -0.1) is 0 Å². The summed E-state index contributed by atoms with van der Waals surface area (Å²) in [5.41, 5.74) is -1.21. The summed E-state index contributed by atoms with van der Waals surface area (Å²) in [5.74, 6) is -0.554. The van der Waals surface area contributed by atoms with Gasteiger partial charge in [0, 0.05) is 11.8 Å². The molecule has 1 amide bonds. The highest BCUT2D eigenvalue weighted by molar-refractivity contribution is 5.94. The number of carbonyl (C=O) groups is 1. The van der Waals surface area contributed by atoms with Gasteiger partial charge in [0.25, 0.3) is 5.91 Å². The van der Waals surface area contributed by atoms with Crippen molar-refractivity contribution in [2.24, 2.45) is 0 Å². The third kappa shape index (κ3) is 5.48. The maximum absolute atomic E-state index is 13.1. The smallest absolute Gasteiger partial charge is 0.416 e. The standard InChI is InChI=1S/C26H19F4NO5/c1-14-24(36-19-8-6-17(27)7-9-19)23(32)21-11-10-20(13-22(21)35-14)34-15(2)25(33)31-18-5-3-4-16(12-18)26(28,29)30/h3-13,15H,1-2H3,(H,31,33)/t15-/m0/s1. The molecule has 0 aliphatic heterocycles. The molecule has 1 aromatic heterocycles. The van der Waals surface area contributed by atoms with Crippen LogP contribution in [-0.4, -0.2) is 12.0 Å². The molecule has 1 heterocycles. The van der Waals surface area contributed by atoms with Gasteiger partial charge in [0.2, 0.25) is 11.2 Å². The first-order chi connectivity index (χ1) is 17.0. The van der Waals surface area contributed by atoms with Gasteiger partial charge >= 0.3 is 6.18 Å². The van der Waals surface area contributed by atoms with Crippen LogP contribution in [0.5, 0.6) is 17.2 Å². The number of hydrogen-bond donors (Lipinski definition) is 1. The second kappa shape index (κ2) is 9.73. The van der Waals surface area contributed by atoms with Crippen molar-refractivity contribution in [3.05, 3.63) is 94.1 Å². The molecule has 186 valence electrons. The van der Waals surface area contributed by atoms with Crippen molar-refractivity contribution < 1.29 is 36.2 Å². The Morgan fingerprint density at radius 2 is 1.69 bits per heavy atom. The number of hydrogen-bond acceptors (Lipinski definition) is 5. The van der Waals surface area contributed by atoms with Crippen LogP contribution in [0.15, 0.2) is 75.9 Å². The molecule has 0 bridgehead atoms. The van der Waals surface area contributed by atoms with Gasteiger partial charge in [-0.05, 0) is 68.4 Å². The zero-order valence-electron chi connectivity index (χ0n) is 19.0. The summed E-state index contributed by atoms with van der Waals surface area (Å²) in [6.07, 6.45) is -5.62. The predicted molar refractivity (Wildman–Crippen MR) is 124 cm³/mol. The van der Waals surface area contributed by atoms with Gasteiger partial charge in [0.15, 0.2) is 6.10 Å². The Hall–Kier alpha value is -4.34. The molecular formula is C26H19F4NO5. The molecule has 0 aliphatic carbocycles. The maximum Gasteiger partial charge on any atom is 0.416 e. The fourth-order valence-corrected chi connectivity index (χ4v) is 3.35. The molecule has 36 heavy (non-hydrogen) atoms. The van der Waals surface area contributed by atoms with Gasteiger partial charge in [0.1, 0.15) is 28.7 Å². The van der Waals surface area contributed by atoms with Crippen molar-refractivity contribution in [3.63, 3.8) is 0 Å². The number of rotatable bonds is 6. The predicted octanol–water partition coefficient (Wildman–Crippen LogP) is 6.46. The molecule has 0 fully saturated rings. The minimum atomic E-state index is -4.54. The van der Waals surface area contributed by atoms with Crippen molar-refractivity contribution in [1.29, 1.82) is 0 Å². The van der Waals surface area contributed by atoms with E-state index < -0.39 is 35.0 Å². The van der Waals surface area contributed by atoms with Gasteiger partial charge in [-0.2, -0.15) is 13.2 Å². The van der Waals surface area contributed by atoms with Crippen molar-refractivity contribution in [2.45, 2.75) is 26.1 Å². The summed E-state index contributed by atoms with van der Waals surface area (Å²) in [6.45, 7) is 2.95. The van der Waals surface area contributed by atoms with E-state index >= 15 is 0 Å². The number of ether oxygens (including phenoxy) is 2. The van der Waals surface area contributed by atoms with Crippen LogP contribution < -0.4 is 20.2 Å². The largest absolute Gasteiger partial charge is 0.481 e. The van der Waals surface area contributed by atoms with Crippen LogP contribution in [0.1, 0.15) is 18.2 Å². The lowest BCUT2D eigenvalue weighted by molar-refractivity contribution is -0.137. The number of anilines is 1. The Bertz CT molecular complexity index is 1480. The van der Waals surface area contributed by atoms with E-state index in [1.165, 1.54) is 68.4 Å². The maximum atomic E-state index is 13.1. The Balaban J connectivity index is 1.51. The van der Waals surface area contributed by atoms with Crippen LogP contribution >= 0.6 is 0 Å². The highest BCUT2D eigenvalue weighted by Gasteiger charge is 2.30. The monoisotopic (exact) mass is 501 g/mol. The topological polar surface area (TPSA) is 77.8 Å².